The molecule has 0 spiro atoms. The molecule has 2 aromatic rings. The van der Waals surface area contributed by atoms with Crippen LogP contribution in [0.5, 0.6) is 0 Å². The van der Waals surface area contributed by atoms with Crippen LogP contribution in [0.4, 0.5) is 0 Å². The smallest absolute Gasteiger partial charge is 0.251 e. The topological polar surface area (TPSA) is 77.2 Å². The normalized spacial score (nSPS) is 10.3. The Morgan fingerprint density at radius 3 is 3.00 bits per heavy atom. The summed E-state index contributed by atoms with van der Waals surface area (Å²) in [4.78, 5) is 24.5. The molecule has 0 radical (unpaired) electrons. The molecule has 2 heterocycles. The van der Waals surface area contributed by atoms with E-state index in [1.54, 1.807) is 13.1 Å². The van der Waals surface area contributed by atoms with Crippen LogP contribution >= 0.6 is 0 Å². The summed E-state index contributed by atoms with van der Waals surface area (Å²) in [6, 6.07) is 5.48. The minimum atomic E-state index is -0.290. The van der Waals surface area contributed by atoms with Gasteiger partial charge in [0.2, 0.25) is 0 Å². The Morgan fingerprint density at radius 2 is 2.33 bits per heavy atom. The van der Waals surface area contributed by atoms with Gasteiger partial charge in [-0.3, -0.25) is 14.6 Å². The van der Waals surface area contributed by atoms with Gasteiger partial charge in [-0.05, 0) is 12.1 Å². The molecule has 0 bridgehead atoms. The summed E-state index contributed by atoms with van der Waals surface area (Å²) in [5.74, 6) is 0.751. The van der Waals surface area contributed by atoms with E-state index in [2.05, 4.69) is 15.4 Å². The lowest BCUT2D eigenvalue weighted by Crippen LogP contribution is -2.25. The second kappa shape index (κ2) is 5.92. The SMILES string of the molecule is Cc1ncc(CC(=O)NOCc2ccccn2)o1. The first-order valence-corrected chi connectivity index (χ1v) is 5.46. The van der Waals surface area contributed by atoms with Gasteiger partial charge in [-0.1, -0.05) is 6.07 Å². The fourth-order valence-corrected chi connectivity index (χ4v) is 1.36. The first-order valence-electron chi connectivity index (χ1n) is 5.46. The average molecular weight is 247 g/mol. The number of carbonyl (C=O) groups is 1. The Kier molecular flexibility index (Phi) is 4.03. The molecule has 18 heavy (non-hydrogen) atoms. The molecule has 1 amide bonds. The molecule has 0 aliphatic carbocycles. The van der Waals surface area contributed by atoms with E-state index < -0.39 is 0 Å². The number of oxazole rings is 1. The van der Waals surface area contributed by atoms with E-state index in [0.29, 0.717) is 11.7 Å². The zero-order valence-electron chi connectivity index (χ0n) is 9.92. The molecule has 0 fully saturated rings. The standard InChI is InChI=1S/C12H13N3O3/c1-9-14-7-11(18-9)6-12(16)15-17-8-10-4-2-3-5-13-10/h2-5,7H,6,8H2,1H3,(H,15,16). The van der Waals surface area contributed by atoms with Gasteiger partial charge in [-0.2, -0.15) is 0 Å². The summed E-state index contributed by atoms with van der Waals surface area (Å²) < 4.78 is 5.18. The second-order valence-electron chi connectivity index (χ2n) is 3.66. The van der Waals surface area contributed by atoms with Crippen molar-refractivity contribution in [2.45, 2.75) is 20.0 Å². The first-order chi connectivity index (χ1) is 8.74. The Bertz CT molecular complexity index is 510. The van der Waals surface area contributed by atoms with Crippen molar-refractivity contribution in [3.8, 4) is 0 Å². The molecular formula is C12H13N3O3. The van der Waals surface area contributed by atoms with Gasteiger partial charge in [0, 0.05) is 13.1 Å². The number of aromatic nitrogens is 2. The fraction of sp³-hybridized carbons (Fsp3) is 0.250. The monoisotopic (exact) mass is 247 g/mol. The molecule has 94 valence electrons. The third-order valence-electron chi connectivity index (χ3n) is 2.14. The summed E-state index contributed by atoms with van der Waals surface area (Å²) in [6.07, 6.45) is 3.29. The van der Waals surface area contributed by atoms with E-state index in [1.807, 2.05) is 18.2 Å². The van der Waals surface area contributed by atoms with Crippen LogP contribution in [0.3, 0.4) is 0 Å². The number of hydrogen-bond donors (Lipinski definition) is 1. The van der Waals surface area contributed by atoms with Crippen molar-refractivity contribution in [2.75, 3.05) is 0 Å². The van der Waals surface area contributed by atoms with Gasteiger partial charge in [0.05, 0.1) is 18.3 Å². The lowest BCUT2D eigenvalue weighted by atomic mass is 10.3. The van der Waals surface area contributed by atoms with E-state index in [4.69, 9.17) is 9.25 Å². The number of nitrogens with zero attached hydrogens (tertiary/aromatic N) is 2. The summed E-state index contributed by atoms with van der Waals surface area (Å²) in [7, 11) is 0. The average Bonchev–Trinajstić information content (AvgIpc) is 2.76. The van der Waals surface area contributed by atoms with Crippen LogP contribution in [0.15, 0.2) is 35.0 Å². The van der Waals surface area contributed by atoms with Gasteiger partial charge in [0.1, 0.15) is 12.4 Å². The molecule has 6 heteroatoms. The maximum Gasteiger partial charge on any atom is 0.251 e. The van der Waals surface area contributed by atoms with Crippen LogP contribution in [-0.4, -0.2) is 15.9 Å². The zero-order valence-corrected chi connectivity index (χ0v) is 9.92. The molecule has 0 saturated carbocycles. The van der Waals surface area contributed by atoms with Gasteiger partial charge in [-0.15, -0.1) is 0 Å². The third kappa shape index (κ3) is 3.67. The quantitative estimate of drug-likeness (QED) is 0.802. The van der Waals surface area contributed by atoms with Gasteiger partial charge in [-0.25, -0.2) is 10.5 Å². The molecule has 0 aliphatic rings. The highest BCUT2D eigenvalue weighted by Gasteiger charge is 2.07. The number of amides is 1. The molecule has 6 nitrogen and oxygen atoms in total. The molecule has 2 aromatic heterocycles. The predicted octanol–water partition coefficient (Wildman–Crippen LogP) is 1.17. The molecule has 1 N–H and O–H groups in total. The predicted molar refractivity (Wildman–Crippen MR) is 62.1 cm³/mol. The Morgan fingerprint density at radius 1 is 1.44 bits per heavy atom. The van der Waals surface area contributed by atoms with Crippen LogP contribution in [0.2, 0.25) is 0 Å². The summed E-state index contributed by atoms with van der Waals surface area (Å²) >= 11 is 0. The molecular weight excluding hydrogens is 234 g/mol. The van der Waals surface area contributed by atoms with E-state index in [0.717, 1.165) is 5.69 Å². The van der Waals surface area contributed by atoms with Crippen molar-refractivity contribution in [3.63, 3.8) is 0 Å². The summed E-state index contributed by atoms with van der Waals surface area (Å²) in [5, 5.41) is 0. The van der Waals surface area contributed by atoms with Crippen molar-refractivity contribution in [1.82, 2.24) is 15.4 Å². The third-order valence-corrected chi connectivity index (χ3v) is 2.14. The van der Waals surface area contributed by atoms with Crippen LogP contribution in [0.1, 0.15) is 17.3 Å². The van der Waals surface area contributed by atoms with Crippen molar-refractivity contribution in [3.05, 3.63) is 47.9 Å². The second-order valence-corrected chi connectivity index (χ2v) is 3.66. The maximum atomic E-state index is 11.5. The number of hydrogen-bond acceptors (Lipinski definition) is 5. The zero-order chi connectivity index (χ0) is 12.8. The number of aryl methyl sites for hydroxylation is 1. The van der Waals surface area contributed by atoms with Crippen LogP contribution < -0.4 is 5.48 Å². The number of carbonyl (C=O) groups excluding carboxylic acids is 1. The van der Waals surface area contributed by atoms with E-state index >= 15 is 0 Å². The van der Waals surface area contributed by atoms with Gasteiger partial charge in [0.25, 0.3) is 5.91 Å². The Hall–Kier alpha value is -2.21. The number of rotatable bonds is 5. The fourth-order valence-electron chi connectivity index (χ4n) is 1.36. The molecule has 2 rings (SSSR count). The highest BCUT2D eigenvalue weighted by atomic mass is 16.6. The van der Waals surface area contributed by atoms with Crippen molar-refractivity contribution in [2.24, 2.45) is 0 Å². The van der Waals surface area contributed by atoms with Crippen LogP contribution in [-0.2, 0) is 22.7 Å². The molecule has 0 unspecified atom stereocenters. The van der Waals surface area contributed by atoms with E-state index in [9.17, 15) is 4.79 Å². The van der Waals surface area contributed by atoms with Gasteiger partial charge >= 0.3 is 0 Å². The highest BCUT2D eigenvalue weighted by molar-refractivity contribution is 5.76. The maximum absolute atomic E-state index is 11.5. The van der Waals surface area contributed by atoms with Gasteiger partial charge < -0.3 is 4.42 Å². The minimum Gasteiger partial charge on any atom is -0.446 e. The van der Waals surface area contributed by atoms with Crippen molar-refractivity contribution in [1.29, 1.82) is 0 Å². The largest absolute Gasteiger partial charge is 0.446 e. The van der Waals surface area contributed by atoms with E-state index in [1.165, 1.54) is 6.20 Å². The van der Waals surface area contributed by atoms with Crippen molar-refractivity contribution >= 4 is 5.91 Å². The molecule has 0 aliphatic heterocycles. The molecule has 0 atom stereocenters. The lowest BCUT2D eigenvalue weighted by molar-refractivity contribution is -0.134. The number of pyridine rings is 1. The highest BCUT2D eigenvalue weighted by Crippen LogP contribution is 2.02. The Labute approximate surface area is 104 Å². The first kappa shape index (κ1) is 12.3. The van der Waals surface area contributed by atoms with Crippen LogP contribution in [0, 0.1) is 6.92 Å². The minimum absolute atomic E-state index is 0.100. The number of nitrogens with one attached hydrogen (secondary N) is 1. The number of hydroxylamine groups is 1. The Balaban J connectivity index is 1.72. The molecule has 0 aromatic carbocycles. The van der Waals surface area contributed by atoms with Crippen LogP contribution in [0.25, 0.3) is 0 Å². The summed E-state index contributed by atoms with van der Waals surface area (Å²) in [6.45, 7) is 1.95. The van der Waals surface area contributed by atoms with Crippen molar-refractivity contribution < 1.29 is 14.0 Å². The molecule has 0 saturated heterocycles. The lowest BCUT2D eigenvalue weighted by Gasteiger charge is -2.04. The summed E-state index contributed by atoms with van der Waals surface area (Å²) in [5.41, 5.74) is 3.07. The van der Waals surface area contributed by atoms with E-state index in [-0.39, 0.29) is 18.9 Å². The van der Waals surface area contributed by atoms with Gasteiger partial charge in [0.15, 0.2) is 5.89 Å².